The van der Waals surface area contributed by atoms with Crippen molar-refractivity contribution in [2.75, 3.05) is 31.2 Å². The minimum atomic E-state index is -1.32. The number of aliphatic hydroxyl groups excluding tert-OH is 1. The molecule has 47 heavy (non-hydrogen) atoms. The highest BCUT2D eigenvalue weighted by Crippen LogP contribution is 2.35. The Hall–Kier alpha value is -4.22. The summed E-state index contributed by atoms with van der Waals surface area (Å²) in [5, 5.41) is 28.3. The number of oxime groups is 1. The van der Waals surface area contributed by atoms with Gasteiger partial charge in [-0.1, -0.05) is 5.16 Å². The van der Waals surface area contributed by atoms with Crippen LogP contribution in [0.25, 0.3) is 0 Å². The van der Waals surface area contributed by atoms with Crippen molar-refractivity contribution in [3.63, 3.8) is 0 Å². The van der Waals surface area contributed by atoms with Crippen molar-refractivity contribution >= 4 is 57.6 Å². The molecule has 2 atom stereocenters. The number of aliphatic hydroxyl groups is 1. The van der Waals surface area contributed by atoms with Crippen LogP contribution in [-0.4, -0.2) is 104 Å². The third kappa shape index (κ3) is 7.36. The number of β-lactam (4-membered cyclic amide) rings is 1. The number of nitrogens with two attached hydrogens (primary N) is 1. The summed E-state index contributed by atoms with van der Waals surface area (Å²) in [5.74, 6) is -2.31. The molecule has 2 aromatic rings. The van der Waals surface area contributed by atoms with E-state index in [0.717, 1.165) is 46.8 Å². The maximum atomic E-state index is 13.3. The van der Waals surface area contributed by atoms with Crippen LogP contribution in [-0.2, 0) is 35.3 Å². The third-order valence-corrected chi connectivity index (χ3v) is 10.3. The molecule has 2 saturated heterocycles. The number of aromatic nitrogens is 2. The van der Waals surface area contributed by atoms with Gasteiger partial charge in [0, 0.05) is 35.5 Å². The van der Waals surface area contributed by atoms with E-state index in [1.807, 2.05) is 12.1 Å². The second-order valence-electron chi connectivity index (χ2n) is 11.7. The molecule has 17 heteroatoms. The zero-order chi connectivity index (χ0) is 33.1. The molecule has 0 spiro atoms. The summed E-state index contributed by atoms with van der Waals surface area (Å²) >= 11 is 2.47. The number of pyridine rings is 1. The topological polar surface area (TPSA) is 201 Å². The third-order valence-electron chi connectivity index (χ3n) is 8.58. The van der Waals surface area contributed by atoms with Gasteiger partial charge in [0.05, 0.1) is 11.9 Å². The summed E-state index contributed by atoms with van der Waals surface area (Å²) < 4.78 is 7.62. The van der Waals surface area contributed by atoms with E-state index >= 15 is 0 Å². The van der Waals surface area contributed by atoms with Crippen LogP contribution in [0.5, 0.6) is 0 Å². The standard InChI is InChI=1S/C30H35N7O8S2/c31-30-32-20(15-47-30)24(34-45-18-3-1-2-4-18)27(40)33-25-21-14-44-22(26(29(42)43)37(21)28(25)41)16-46-19-7-9-35(10-8-19)13-23(39)36-11-5-17(38)6-12-36/h7-10,15,17-18,21,25,38H,1-6,11-14,16H2,(H3-,31,32,33,40,42,43)/p+1/b34-24-/t21-,25+/m1/s1. The zero-order valence-electron chi connectivity index (χ0n) is 25.4. The fourth-order valence-electron chi connectivity index (χ4n) is 5.97. The minimum absolute atomic E-state index is 0.0114. The van der Waals surface area contributed by atoms with E-state index in [0.29, 0.717) is 25.9 Å². The average Bonchev–Trinajstić information content (AvgIpc) is 3.75. The summed E-state index contributed by atoms with van der Waals surface area (Å²) in [6.45, 7) is 1.24. The first-order valence-corrected chi connectivity index (χ1v) is 17.3. The number of fused-ring (bicyclic) bond motifs is 1. The number of ether oxygens (including phenoxy) is 1. The SMILES string of the molecule is Nc1nc(/C(=N/OC2CCCC2)C(=O)N[C@@H]2C(=O)N3C(C(=O)O)=C(CSc4cc[n+](CC(=O)N5CCC(O)CC5)cc4)OC[C@H]23)cs1. The molecule has 15 nitrogen and oxygen atoms in total. The van der Waals surface area contributed by atoms with Crippen molar-refractivity contribution in [3.8, 4) is 0 Å². The lowest BCUT2D eigenvalue weighted by molar-refractivity contribution is -0.685. The van der Waals surface area contributed by atoms with Crippen molar-refractivity contribution in [1.82, 2.24) is 20.1 Å². The number of likely N-dealkylation sites (tertiary alicyclic amines) is 1. The van der Waals surface area contributed by atoms with E-state index in [-0.39, 0.29) is 65.0 Å². The number of nitrogen functional groups attached to an aromatic ring is 1. The highest BCUT2D eigenvalue weighted by Gasteiger charge is 2.55. The molecule has 5 heterocycles. The summed E-state index contributed by atoms with van der Waals surface area (Å²) in [7, 11) is 0. The number of hydrogen-bond acceptors (Lipinski definition) is 12. The van der Waals surface area contributed by atoms with Crippen molar-refractivity contribution in [3.05, 3.63) is 47.1 Å². The number of carbonyl (C=O) groups is 4. The lowest BCUT2D eigenvalue weighted by Gasteiger charge is -2.49. The van der Waals surface area contributed by atoms with E-state index in [1.54, 1.807) is 27.2 Å². The summed E-state index contributed by atoms with van der Waals surface area (Å²) in [5.41, 5.74) is 5.62. The molecular weight excluding hydrogens is 651 g/mol. The van der Waals surface area contributed by atoms with Gasteiger partial charge in [-0.3, -0.25) is 19.3 Å². The van der Waals surface area contributed by atoms with Crippen LogP contribution in [0.2, 0.25) is 0 Å². The van der Waals surface area contributed by atoms with Crippen LogP contribution in [0.4, 0.5) is 5.13 Å². The molecule has 1 saturated carbocycles. The number of piperidine rings is 1. The molecule has 6 rings (SSSR count). The van der Waals surface area contributed by atoms with Crippen molar-refractivity contribution < 1.29 is 43.5 Å². The first kappa shape index (κ1) is 32.7. The fourth-order valence-corrected chi connectivity index (χ4v) is 7.35. The Kier molecular flexibility index (Phi) is 9.93. The molecular formula is C30H36N7O8S2+. The Bertz CT molecular complexity index is 1580. The van der Waals surface area contributed by atoms with Crippen molar-refractivity contribution in [2.45, 2.75) is 74.3 Å². The van der Waals surface area contributed by atoms with Crippen LogP contribution in [0.1, 0.15) is 44.2 Å². The van der Waals surface area contributed by atoms with Gasteiger partial charge in [0.15, 0.2) is 28.9 Å². The van der Waals surface area contributed by atoms with Gasteiger partial charge in [0.25, 0.3) is 17.7 Å². The number of hydrogen-bond donors (Lipinski definition) is 4. The molecule has 0 radical (unpaired) electrons. The number of thiazole rings is 1. The van der Waals surface area contributed by atoms with Crippen LogP contribution in [0.3, 0.4) is 0 Å². The number of carboxylic acid groups (broad SMARTS) is 1. The molecule has 2 aromatic heterocycles. The molecule has 3 aliphatic heterocycles. The van der Waals surface area contributed by atoms with Gasteiger partial charge in [0.2, 0.25) is 6.54 Å². The predicted molar refractivity (Wildman–Crippen MR) is 169 cm³/mol. The second kappa shape index (κ2) is 14.3. The van der Waals surface area contributed by atoms with Gasteiger partial charge < -0.3 is 35.7 Å². The number of anilines is 1. The number of carbonyl (C=O) groups excluding carboxylic acids is 3. The molecule has 250 valence electrons. The number of aliphatic carboxylic acids is 1. The molecule has 0 unspecified atom stereocenters. The smallest absolute Gasteiger partial charge is 0.356 e. The number of nitrogens with one attached hydrogen (secondary N) is 1. The molecule has 0 aromatic carbocycles. The van der Waals surface area contributed by atoms with E-state index in [4.69, 9.17) is 15.3 Å². The molecule has 4 aliphatic rings. The van der Waals surface area contributed by atoms with Gasteiger partial charge in [0.1, 0.15) is 36.2 Å². The lowest BCUT2D eigenvalue weighted by Crippen LogP contribution is -2.73. The number of carboxylic acids is 1. The normalized spacial score (nSPS) is 22.1. The van der Waals surface area contributed by atoms with Crippen LogP contribution in [0, 0.1) is 0 Å². The summed E-state index contributed by atoms with van der Waals surface area (Å²) in [6, 6.07) is 1.88. The fraction of sp³-hybridized carbons (Fsp3) is 0.500. The van der Waals surface area contributed by atoms with Gasteiger partial charge in [-0.2, -0.15) is 4.57 Å². The van der Waals surface area contributed by atoms with Gasteiger partial charge in [-0.15, -0.1) is 23.1 Å². The molecule has 3 amide bonds. The van der Waals surface area contributed by atoms with Crippen LogP contribution >= 0.6 is 23.1 Å². The van der Waals surface area contributed by atoms with Gasteiger partial charge in [-0.05, 0) is 38.5 Å². The quantitative estimate of drug-likeness (QED) is 0.0842. The summed E-state index contributed by atoms with van der Waals surface area (Å²) in [6.07, 6.45) is 7.92. The average molecular weight is 687 g/mol. The van der Waals surface area contributed by atoms with Crippen molar-refractivity contribution in [1.29, 1.82) is 0 Å². The molecule has 3 fully saturated rings. The van der Waals surface area contributed by atoms with E-state index in [2.05, 4.69) is 15.5 Å². The number of amides is 3. The first-order chi connectivity index (χ1) is 22.7. The first-order valence-electron chi connectivity index (χ1n) is 15.4. The maximum absolute atomic E-state index is 13.3. The lowest BCUT2D eigenvalue weighted by atomic mass is 9.92. The Morgan fingerprint density at radius 2 is 1.91 bits per heavy atom. The molecule has 5 N–H and O–H groups in total. The molecule has 1 aliphatic carbocycles. The van der Waals surface area contributed by atoms with Gasteiger partial charge in [-0.25, -0.2) is 9.78 Å². The van der Waals surface area contributed by atoms with Crippen LogP contribution < -0.4 is 15.6 Å². The Balaban J connectivity index is 1.07. The Morgan fingerprint density at radius 3 is 2.57 bits per heavy atom. The second-order valence-corrected chi connectivity index (χ2v) is 13.7. The largest absolute Gasteiger partial charge is 0.492 e. The Labute approximate surface area is 278 Å². The number of thioether (sulfide) groups is 1. The highest BCUT2D eigenvalue weighted by atomic mass is 32.2. The maximum Gasteiger partial charge on any atom is 0.356 e. The van der Waals surface area contributed by atoms with E-state index in [1.165, 1.54) is 11.8 Å². The number of nitrogens with zero attached hydrogens (tertiary/aromatic N) is 5. The van der Waals surface area contributed by atoms with E-state index in [9.17, 15) is 29.4 Å². The summed E-state index contributed by atoms with van der Waals surface area (Å²) in [4.78, 5) is 65.0. The highest BCUT2D eigenvalue weighted by molar-refractivity contribution is 7.99. The minimum Gasteiger partial charge on any atom is -0.492 e. The monoisotopic (exact) mass is 686 g/mol. The number of rotatable bonds is 11. The zero-order valence-corrected chi connectivity index (χ0v) is 27.1. The molecule has 0 bridgehead atoms. The van der Waals surface area contributed by atoms with E-state index < -0.39 is 29.9 Å². The van der Waals surface area contributed by atoms with Crippen LogP contribution in [0.15, 0.2) is 51.4 Å². The Morgan fingerprint density at radius 1 is 1.19 bits per heavy atom. The van der Waals surface area contributed by atoms with Gasteiger partial charge >= 0.3 is 5.97 Å². The predicted octanol–water partition coefficient (Wildman–Crippen LogP) is 0.474. The van der Waals surface area contributed by atoms with Crippen molar-refractivity contribution in [2.24, 2.45) is 5.16 Å².